The average molecular weight is 371 g/mol. The average Bonchev–Trinajstić information content (AvgIpc) is 2.62. The molecule has 2 unspecified atom stereocenters. The molecule has 0 spiro atoms. The lowest BCUT2D eigenvalue weighted by molar-refractivity contribution is -0.151. The molecule has 0 heterocycles. The predicted molar refractivity (Wildman–Crippen MR) is 106 cm³/mol. The highest BCUT2D eigenvalue weighted by molar-refractivity contribution is 7.99. The Morgan fingerprint density at radius 1 is 1.00 bits per heavy atom. The van der Waals surface area contributed by atoms with Crippen LogP contribution in [0, 0.1) is 12.8 Å². The Morgan fingerprint density at radius 2 is 1.65 bits per heavy atom. The van der Waals surface area contributed by atoms with Crippen molar-refractivity contribution < 1.29 is 14.3 Å². The van der Waals surface area contributed by atoms with Crippen LogP contribution in [0.2, 0.25) is 0 Å². The molecule has 0 aromatic heterocycles. The fourth-order valence-corrected chi connectivity index (χ4v) is 3.98. The third-order valence-electron chi connectivity index (χ3n) is 4.25. The zero-order chi connectivity index (χ0) is 18.9. The maximum absolute atomic E-state index is 12.1. The molecule has 0 bridgehead atoms. The van der Waals surface area contributed by atoms with Crippen molar-refractivity contribution in [3.8, 4) is 0 Å². The van der Waals surface area contributed by atoms with Gasteiger partial charge in [0.25, 0.3) is 0 Å². The normalized spacial score (nSPS) is 13.0. The molecule has 3 nitrogen and oxygen atoms in total. The zero-order valence-corrected chi connectivity index (χ0v) is 16.4. The highest BCUT2D eigenvalue weighted by atomic mass is 32.2. The lowest BCUT2D eigenvalue weighted by Crippen LogP contribution is -2.24. The summed E-state index contributed by atoms with van der Waals surface area (Å²) in [4.78, 5) is 25.2. The summed E-state index contributed by atoms with van der Waals surface area (Å²) < 4.78 is 5.07. The maximum atomic E-state index is 12.1. The molecule has 0 fully saturated rings. The monoisotopic (exact) mass is 370 g/mol. The minimum absolute atomic E-state index is 0.129. The van der Waals surface area contributed by atoms with E-state index in [0.29, 0.717) is 13.0 Å². The summed E-state index contributed by atoms with van der Waals surface area (Å²) >= 11 is 1.76. The van der Waals surface area contributed by atoms with Crippen LogP contribution in [-0.2, 0) is 14.3 Å². The second-order valence-electron chi connectivity index (χ2n) is 6.32. The number of ketones is 1. The van der Waals surface area contributed by atoms with Crippen molar-refractivity contribution in [1.29, 1.82) is 0 Å². The lowest BCUT2D eigenvalue weighted by atomic mass is 9.96. The van der Waals surface area contributed by atoms with Gasteiger partial charge in [-0.1, -0.05) is 48.0 Å². The van der Waals surface area contributed by atoms with Gasteiger partial charge in [-0.15, -0.1) is 11.8 Å². The van der Waals surface area contributed by atoms with Crippen molar-refractivity contribution in [2.24, 2.45) is 5.92 Å². The minimum Gasteiger partial charge on any atom is -0.465 e. The van der Waals surface area contributed by atoms with E-state index >= 15 is 0 Å². The van der Waals surface area contributed by atoms with Gasteiger partial charge in [-0.2, -0.15) is 0 Å². The van der Waals surface area contributed by atoms with Crippen molar-refractivity contribution in [2.45, 2.75) is 43.8 Å². The Balaban J connectivity index is 2.16. The number of Topliss-reactive ketones (excluding diaryl/α,β-unsaturated/α-hetero) is 1. The number of thioether (sulfide) groups is 1. The Hall–Kier alpha value is -2.07. The minimum atomic E-state index is -0.681. The number of carbonyl (C=O) groups excluding carboxylic acids is 2. The van der Waals surface area contributed by atoms with E-state index in [1.165, 1.54) is 22.9 Å². The molecule has 2 rings (SSSR count). The lowest BCUT2D eigenvalue weighted by Gasteiger charge is -2.20. The maximum Gasteiger partial charge on any atom is 0.316 e. The second kappa shape index (κ2) is 10.2. The number of ether oxygens (including phenoxy) is 1. The van der Waals surface area contributed by atoms with E-state index in [2.05, 4.69) is 43.3 Å². The van der Waals surface area contributed by atoms with Crippen LogP contribution in [-0.4, -0.2) is 18.4 Å². The largest absolute Gasteiger partial charge is 0.465 e. The van der Waals surface area contributed by atoms with Gasteiger partial charge in [0.2, 0.25) is 0 Å². The summed E-state index contributed by atoms with van der Waals surface area (Å²) in [6.45, 7) is 5.58. The summed E-state index contributed by atoms with van der Waals surface area (Å²) in [7, 11) is 0. The van der Waals surface area contributed by atoms with E-state index in [9.17, 15) is 9.59 Å². The van der Waals surface area contributed by atoms with E-state index in [1.807, 2.05) is 18.2 Å². The fourth-order valence-electron chi connectivity index (χ4n) is 2.79. The molecule has 0 amide bonds. The topological polar surface area (TPSA) is 43.4 Å². The van der Waals surface area contributed by atoms with Gasteiger partial charge in [0, 0.05) is 10.1 Å². The number of aryl methyl sites for hydroxylation is 1. The Bertz CT molecular complexity index is 710. The first kappa shape index (κ1) is 20.2. The van der Waals surface area contributed by atoms with Crippen LogP contribution in [0.1, 0.15) is 43.1 Å². The molecule has 0 N–H and O–H groups in total. The molecule has 0 aliphatic rings. The van der Waals surface area contributed by atoms with Crippen LogP contribution in [0.3, 0.4) is 0 Å². The highest BCUT2D eigenvalue weighted by Crippen LogP contribution is 2.39. The summed E-state index contributed by atoms with van der Waals surface area (Å²) in [5, 5.41) is 0.175. The molecule has 0 aliphatic heterocycles. The van der Waals surface area contributed by atoms with E-state index in [1.54, 1.807) is 18.7 Å². The molecule has 26 heavy (non-hydrogen) atoms. The number of benzene rings is 2. The quantitative estimate of drug-likeness (QED) is 0.338. The number of esters is 1. The van der Waals surface area contributed by atoms with Crippen LogP contribution in [0.4, 0.5) is 0 Å². The molecule has 0 saturated heterocycles. The molecular formula is C22H26O3S. The molecule has 2 aromatic carbocycles. The third kappa shape index (κ3) is 6.03. The fraction of sp³-hybridized carbons (Fsp3) is 0.364. The molecule has 2 aromatic rings. The summed E-state index contributed by atoms with van der Waals surface area (Å²) in [5.74, 6) is -1.22. The number of hydrogen-bond donors (Lipinski definition) is 0. The van der Waals surface area contributed by atoms with Crippen LogP contribution >= 0.6 is 11.8 Å². The van der Waals surface area contributed by atoms with Crippen molar-refractivity contribution in [3.05, 3.63) is 65.7 Å². The van der Waals surface area contributed by atoms with Gasteiger partial charge in [-0.05, 0) is 51.3 Å². The molecule has 2 atom stereocenters. The number of rotatable bonds is 9. The number of carbonyl (C=O) groups is 2. The molecule has 138 valence electrons. The molecule has 0 radical (unpaired) electrons. The Kier molecular flexibility index (Phi) is 7.92. The summed E-state index contributed by atoms with van der Waals surface area (Å²) in [6, 6.07) is 18.7. The van der Waals surface area contributed by atoms with E-state index in [0.717, 1.165) is 6.42 Å². The first-order valence-corrected chi connectivity index (χ1v) is 9.84. The van der Waals surface area contributed by atoms with E-state index in [-0.39, 0.29) is 11.0 Å². The predicted octanol–water partition coefficient (Wildman–Crippen LogP) is 5.38. The van der Waals surface area contributed by atoms with E-state index < -0.39 is 11.9 Å². The van der Waals surface area contributed by atoms with Crippen LogP contribution in [0.15, 0.2) is 59.5 Å². The SMILES string of the molecule is CCOC(=O)C(CCC(Sc1ccccc1)c1ccc(C)cc1)C(C)=O. The standard InChI is InChI=1S/C22H26O3S/c1-4-25-22(24)20(17(3)23)14-15-21(18-12-10-16(2)11-13-18)26-19-8-6-5-7-9-19/h5-13,20-21H,4,14-15H2,1-3H3. The molecule has 4 heteroatoms. The van der Waals surface area contributed by atoms with Gasteiger partial charge in [0.15, 0.2) is 0 Å². The van der Waals surface area contributed by atoms with Crippen LogP contribution < -0.4 is 0 Å². The van der Waals surface area contributed by atoms with Gasteiger partial charge in [-0.3, -0.25) is 9.59 Å². The third-order valence-corrected chi connectivity index (χ3v) is 5.59. The molecular weight excluding hydrogens is 344 g/mol. The van der Waals surface area contributed by atoms with Gasteiger partial charge < -0.3 is 4.74 Å². The van der Waals surface area contributed by atoms with Crippen molar-refractivity contribution >= 4 is 23.5 Å². The smallest absolute Gasteiger partial charge is 0.316 e. The van der Waals surface area contributed by atoms with Crippen LogP contribution in [0.5, 0.6) is 0 Å². The van der Waals surface area contributed by atoms with Crippen molar-refractivity contribution in [2.75, 3.05) is 6.61 Å². The number of hydrogen-bond acceptors (Lipinski definition) is 4. The van der Waals surface area contributed by atoms with Crippen molar-refractivity contribution in [1.82, 2.24) is 0 Å². The molecule has 0 saturated carbocycles. The van der Waals surface area contributed by atoms with Gasteiger partial charge in [0.05, 0.1) is 6.61 Å². The highest BCUT2D eigenvalue weighted by Gasteiger charge is 2.26. The Morgan fingerprint density at radius 3 is 2.23 bits per heavy atom. The summed E-state index contributed by atoms with van der Waals surface area (Å²) in [5.41, 5.74) is 2.42. The zero-order valence-electron chi connectivity index (χ0n) is 15.6. The first-order valence-electron chi connectivity index (χ1n) is 8.96. The van der Waals surface area contributed by atoms with Crippen LogP contribution in [0.25, 0.3) is 0 Å². The summed E-state index contributed by atoms with van der Waals surface area (Å²) in [6.07, 6.45) is 1.22. The van der Waals surface area contributed by atoms with Crippen molar-refractivity contribution in [3.63, 3.8) is 0 Å². The van der Waals surface area contributed by atoms with Gasteiger partial charge in [0.1, 0.15) is 11.7 Å². The Labute approximate surface area is 160 Å². The molecule has 0 aliphatic carbocycles. The van der Waals surface area contributed by atoms with E-state index in [4.69, 9.17) is 4.74 Å². The second-order valence-corrected chi connectivity index (χ2v) is 7.60. The van der Waals surface area contributed by atoms with Gasteiger partial charge >= 0.3 is 5.97 Å². The first-order chi connectivity index (χ1) is 12.5. The van der Waals surface area contributed by atoms with Gasteiger partial charge in [-0.25, -0.2) is 0 Å².